The van der Waals surface area contributed by atoms with E-state index in [1.54, 1.807) is 18.0 Å². The summed E-state index contributed by atoms with van der Waals surface area (Å²) in [6.45, 7) is 2.30. The summed E-state index contributed by atoms with van der Waals surface area (Å²) in [6, 6.07) is 5.50. The average Bonchev–Trinajstić information content (AvgIpc) is 2.85. The van der Waals surface area contributed by atoms with Crippen molar-refractivity contribution in [3.05, 3.63) is 63.5 Å². The molecule has 0 saturated carbocycles. The van der Waals surface area contributed by atoms with E-state index >= 15 is 0 Å². The van der Waals surface area contributed by atoms with E-state index in [0.717, 1.165) is 6.07 Å². The fourth-order valence-electron chi connectivity index (χ4n) is 4.59. The normalized spacial score (nSPS) is 15.6. The molecular formula is C24H26F3N5O3. The molecule has 186 valence electrons. The Balaban J connectivity index is 1.73. The Morgan fingerprint density at radius 3 is 2.60 bits per heavy atom. The zero-order chi connectivity index (χ0) is 25.3. The number of hydrogen-bond donors (Lipinski definition) is 1. The van der Waals surface area contributed by atoms with Crippen LogP contribution < -0.4 is 10.9 Å². The minimum atomic E-state index is -2.92. The Morgan fingerprint density at radius 1 is 1.26 bits per heavy atom. The van der Waals surface area contributed by atoms with Gasteiger partial charge in [0.15, 0.2) is 0 Å². The fraction of sp³-hybridized carbons (Fsp3) is 0.417. The summed E-state index contributed by atoms with van der Waals surface area (Å²) < 4.78 is 47.9. The molecule has 35 heavy (non-hydrogen) atoms. The van der Waals surface area contributed by atoms with Gasteiger partial charge in [-0.05, 0) is 18.9 Å². The van der Waals surface area contributed by atoms with Crippen LogP contribution in [0, 0.1) is 5.82 Å². The standard InChI is InChI=1S/C24H26F3N5O3/c1-14(33)32-9-7-24(35-3,8-10-32)18-11-17-21(29-13-30-22(17)31(2)23(18)34)28-12-15-5-4-6-16(19(15)25)20(26)27/h4-6,11,13,20H,7-10,12H2,1-3H3,(H,28,29,30). The van der Waals surface area contributed by atoms with Crippen molar-refractivity contribution < 1.29 is 22.7 Å². The van der Waals surface area contributed by atoms with E-state index in [1.165, 1.54) is 37.1 Å². The molecule has 1 fully saturated rings. The number of likely N-dealkylation sites (tertiary alicyclic amines) is 1. The second kappa shape index (κ2) is 9.65. The first kappa shape index (κ1) is 24.6. The highest BCUT2D eigenvalue weighted by atomic mass is 19.3. The van der Waals surface area contributed by atoms with Crippen molar-refractivity contribution in [2.24, 2.45) is 7.05 Å². The first-order chi connectivity index (χ1) is 16.7. The van der Waals surface area contributed by atoms with Crippen LogP contribution in [0.15, 0.2) is 35.4 Å². The van der Waals surface area contributed by atoms with Gasteiger partial charge in [0, 0.05) is 46.3 Å². The van der Waals surface area contributed by atoms with Crippen LogP contribution in [-0.4, -0.2) is 45.5 Å². The second-order valence-electron chi connectivity index (χ2n) is 8.56. The predicted molar refractivity (Wildman–Crippen MR) is 124 cm³/mol. The van der Waals surface area contributed by atoms with E-state index in [9.17, 15) is 22.8 Å². The molecule has 4 rings (SSSR count). The van der Waals surface area contributed by atoms with Gasteiger partial charge >= 0.3 is 0 Å². The molecule has 0 spiro atoms. The van der Waals surface area contributed by atoms with E-state index in [1.807, 2.05) is 0 Å². The molecule has 0 atom stereocenters. The highest BCUT2D eigenvalue weighted by molar-refractivity contribution is 5.87. The van der Waals surface area contributed by atoms with E-state index < -0.39 is 23.4 Å². The van der Waals surface area contributed by atoms with Crippen molar-refractivity contribution in [3.63, 3.8) is 0 Å². The Hall–Kier alpha value is -3.47. The van der Waals surface area contributed by atoms with Crippen LogP contribution in [0.25, 0.3) is 11.0 Å². The molecule has 0 bridgehead atoms. The summed E-state index contributed by atoms with van der Waals surface area (Å²) in [7, 11) is 3.12. The summed E-state index contributed by atoms with van der Waals surface area (Å²) in [4.78, 5) is 35.3. The van der Waals surface area contributed by atoms with Crippen LogP contribution >= 0.6 is 0 Å². The Labute approximate surface area is 199 Å². The highest BCUT2D eigenvalue weighted by Crippen LogP contribution is 2.36. The van der Waals surface area contributed by atoms with E-state index in [-0.39, 0.29) is 23.6 Å². The van der Waals surface area contributed by atoms with E-state index in [0.29, 0.717) is 48.3 Å². The summed E-state index contributed by atoms with van der Waals surface area (Å²) in [6.07, 6.45) is -0.781. The van der Waals surface area contributed by atoms with Crippen molar-refractivity contribution in [1.82, 2.24) is 19.4 Å². The first-order valence-electron chi connectivity index (χ1n) is 11.1. The van der Waals surface area contributed by atoms with Crippen molar-refractivity contribution in [2.45, 2.75) is 38.3 Å². The van der Waals surface area contributed by atoms with Gasteiger partial charge in [0.25, 0.3) is 12.0 Å². The summed E-state index contributed by atoms with van der Waals surface area (Å²) >= 11 is 0. The SMILES string of the molecule is COC1(c2cc3c(NCc4cccc(C(F)F)c4F)ncnc3n(C)c2=O)CCN(C(C)=O)CC1. The van der Waals surface area contributed by atoms with E-state index in [2.05, 4.69) is 15.3 Å². The number of halogens is 3. The molecule has 2 aromatic heterocycles. The molecule has 11 heteroatoms. The number of carbonyl (C=O) groups is 1. The number of nitrogens with zero attached hydrogens (tertiary/aromatic N) is 4. The van der Waals surface area contributed by atoms with Gasteiger partial charge in [0.2, 0.25) is 5.91 Å². The fourth-order valence-corrected chi connectivity index (χ4v) is 4.59. The number of rotatable bonds is 6. The largest absolute Gasteiger partial charge is 0.373 e. The van der Waals surface area contributed by atoms with Crippen molar-refractivity contribution in [1.29, 1.82) is 0 Å². The number of aryl methyl sites for hydroxylation is 1. The molecule has 1 aliphatic rings. The number of anilines is 1. The second-order valence-corrected chi connectivity index (χ2v) is 8.56. The van der Waals surface area contributed by atoms with Gasteiger partial charge in [-0.15, -0.1) is 0 Å². The lowest BCUT2D eigenvalue weighted by Gasteiger charge is -2.40. The summed E-state index contributed by atoms with van der Waals surface area (Å²) in [5.74, 6) is -0.692. The number of pyridine rings is 1. The highest BCUT2D eigenvalue weighted by Gasteiger charge is 2.39. The molecule has 1 amide bonds. The number of alkyl halides is 2. The summed E-state index contributed by atoms with van der Waals surface area (Å²) in [5.41, 5.74) is -1.03. The third kappa shape index (κ3) is 4.47. The Morgan fingerprint density at radius 2 is 1.97 bits per heavy atom. The number of fused-ring (bicyclic) bond motifs is 1. The number of hydrogen-bond acceptors (Lipinski definition) is 6. The molecule has 8 nitrogen and oxygen atoms in total. The van der Waals surface area contributed by atoms with Crippen LogP contribution in [0.5, 0.6) is 0 Å². The number of amides is 1. The Kier molecular flexibility index (Phi) is 6.79. The number of nitrogens with one attached hydrogen (secondary N) is 1. The Bertz CT molecular complexity index is 1320. The number of aromatic nitrogens is 3. The van der Waals surface area contributed by atoms with Crippen molar-refractivity contribution in [3.8, 4) is 0 Å². The lowest BCUT2D eigenvalue weighted by atomic mass is 9.84. The van der Waals surface area contributed by atoms with Gasteiger partial charge in [-0.25, -0.2) is 23.1 Å². The summed E-state index contributed by atoms with van der Waals surface area (Å²) in [5, 5.41) is 3.50. The minimum Gasteiger partial charge on any atom is -0.373 e. The molecular weight excluding hydrogens is 463 g/mol. The smallest absolute Gasteiger partial charge is 0.266 e. The minimum absolute atomic E-state index is 0.0378. The first-order valence-corrected chi connectivity index (χ1v) is 11.1. The average molecular weight is 489 g/mol. The molecule has 3 heterocycles. The maximum atomic E-state index is 14.5. The molecule has 1 aliphatic heterocycles. The van der Waals surface area contributed by atoms with Gasteiger partial charge in [0.05, 0.1) is 16.5 Å². The number of benzene rings is 1. The van der Waals surface area contributed by atoms with Crippen LogP contribution in [-0.2, 0) is 28.7 Å². The third-order valence-corrected chi connectivity index (χ3v) is 6.69. The number of ether oxygens (including phenoxy) is 1. The zero-order valence-electron chi connectivity index (χ0n) is 19.6. The van der Waals surface area contributed by atoms with Crippen LogP contribution in [0.1, 0.15) is 42.9 Å². The maximum Gasteiger partial charge on any atom is 0.266 e. The molecule has 1 saturated heterocycles. The monoisotopic (exact) mass is 489 g/mol. The molecule has 1 N–H and O–H groups in total. The quantitative estimate of drug-likeness (QED) is 0.570. The molecule has 3 aromatic rings. The molecule has 0 aliphatic carbocycles. The number of methoxy groups -OCH3 is 1. The lowest BCUT2D eigenvalue weighted by Crippen LogP contribution is -2.48. The topological polar surface area (TPSA) is 89.3 Å². The zero-order valence-corrected chi connectivity index (χ0v) is 19.6. The van der Waals surface area contributed by atoms with Gasteiger partial charge in [-0.1, -0.05) is 18.2 Å². The van der Waals surface area contributed by atoms with Gasteiger partial charge in [-0.2, -0.15) is 0 Å². The van der Waals surface area contributed by atoms with Crippen molar-refractivity contribution in [2.75, 3.05) is 25.5 Å². The van der Waals surface area contributed by atoms with Crippen molar-refractivity contribution >= 4 is 22.8 Å². The van der Waals surface area contributed by atoms with Crippen LogP contribution in [0.3, 0.4) is 0 Å². The molecule has 0 radical (unpaired) electrons. The van der Waals surface area contributed by atoms with E-state index in [4.69, 9.17) is 4.74 Å². The lowest BCUT2D eigenvalue weighted by molar-refractivity contribution is -0.135. The van der Waals surface area contributed by atoms with Gasteiger partial charge in [0.1, 0.15) is 29.2 Å². The van der Waals surface area contributed by atoms with Gasteiger partial charge in [-0.3, -0.25) is 14.2 Å². The number of piperidine rings is 1. The number of carbonyl (C=O) groups excluding carboxylic acids is 1. The molecule has 1 aromatic carbocycles. The van der Waals surface area contributed by atoms with Gasteiger partial charge < -0.3 is 15.0 Å². The maximum absolute atomic E-state index is 14.5. The predicted octanol–water partition coefficient (Wildman–Crippen LogP) is 3.50. The van der Waals surface area contributed by atoms with Crippen LogP contribution in [0.4, 0.5) is 19.0 Å². The third-order valence-electron chi connectivity index (χ3n) is 6.69. The van der Waals surface area contributed by atoms with Crippen LogP contribution in [0.2, 0.25) is 0 Å². The molecule has 0 unspecified atom stereocenters.